The molecular weight excluding hydrogens is 733 g/mol. The van der Waals surface area contributed by atoms with Crippen LogP contribution in [0.2, 0.25) is 0 Å². The summed E-state index contributed by atoms with van der Waals surface area (Å²) >= 11 is 3.73. The van der Waals surface area contributed by atoms with Crippen LogP contribution >= 0.6 is 22.7 Å². The van der Waals surface area contributed by atoms with Gasteiger partial charge >= 0.3 is 0 Å². The molecule has 0 fully saturated rings. The molecule has 0 saturated heterocycles. The Balaban J connectivity index is 1.07. The summed E-state index contributed by atoms with van der Waals surface area (Å²) in [7, 11) is 0. The molecule has 4 heterocycles. The molecule has 12 rings (SSSR count). The van der Waals surface area contributed by atoms with E-state index in [-0.39, 0.29) is 0 Å². The maximum Gasteiger partial charge on any atom is 0.238 e. The van der Waals surface area contributed by atoms with Gasteiger partial charge in [-0.15, -0.1) is 22.7 Å². The number of hydrogen-bond donors (Lipinski definition) is 0. The molecule has 57 heavy (non-hydrogen) atoms. The molecule has 4 nitrogen and oxygen atoms in total. The maximum atomic E-state index is 5.26. The van der Waals surface area contributed by atoms with E-state index in [0.717, 1.165) is 38.5 Å². The summed E-state index contributed by atoms with van der Waals surface area (Å²) in [5, 5.41) is 7.53. The highest BCUT2D eigenvalue weighted by Gasteiger charge is 2.20. The Kier molecular flexibility index (Phi) is 7.24. The number of fused-ring (bicyclic) bond motifs is 9. The zero-order valence-corrected chi connectivity index (χ0v) is 32.1. The molecular formula is C51H30N4S2. The fourth-order valence-corrected chi connectivity index (χ4v) is 10.9. The van der Waals surface area contributed by atoms with E-state index in [0.29, 0.717) is 17.6 Å². The number of hydrogen-bond acceptors (Lipinski definition) is 5. The molecule has 0 radical (unpaired) electrons. The second kappa shape index (κ2) is 12.8. The number of rotatable bonds is 5. The molecule has 6 heteroatoms. The van der Waals surface area contributed by atoms with Crippen LogP contribution in [0.3, 0.4) is 0 Å². The quantitative estimate of drug-likeness (QED) is 0.175. The van der Waals surface area contributed by atoms with Crippen LogP contribution in [0.1, 0.15) is 0 Å². The molecule has 0 amide bonds. The first-order chi connectivity index (χ1) is 28.3. The van der Waals surface area contributed by atoms with Gasteiger partial charge in [0.2, 0.25) is 5.95 Å². The Bertz CT molecular complexity index is 3490. The van der Waals surface area contributed by atoms with Crippen molar-refractivity contribution >= 4 is 84.8 Å². The van der Waals surface area contributed by atoms with E-state index in [2.05, 4.69) is 168 Å². The molecule has 0 unspecified atom stereocenters. The Morgan fingerprint density at radius 2 is 0.807 bits per heavy atom. The minimum atomic E-state index is 0.590. The minimum absolute atomic E-state index is 0.590. The predicted octanol–water partition coefficient (Wildman–Crippen LogP) is 14.4. The highest BCUT2D eigenvalue weighted by atomic mass is 32.1. The summed E-state index contributed by atoms with van der Waals surface area (Å²) in [4.78, 5) is 15.5. The normalized spacial score (nSPS) is 11.9. The average molecular weight is 763 g/mol. The highest BCUT2D eigenvalue weighted by Crippen LogP contribution is 2.47. The van der Waals surface area contributed by atoms with Gasteiger partial charge in [-0.3, -0.25) is 4.57 Å². The molecule has 0 N–H and O–H groups in total. The van der Waals surface area contributed by atoms with Crippen molar-refractivity contribution < 1.29 is 0 Å². The molecule has 4 aromatic heterocycles. The SMILES string of the molecule is c1ccc(-c2nc(-c3cccc(-c4cccc5sc6cccc(-c7cccc8sc9ccccc9c78)c6c45)c3)nc(-n3c4ccccc4c4ccccc43)n2)cc1. The van der Waals surface area contributed by atoms with Gasteiger partial charge in [0, 0.05) is 62.2 Å². The molecule has 0 aliphatic carbocycles. The van der Waals surface area contributed by atoms with E-state index < -0.39 is 0 Å². The molecule has 12 aromatic rings. The van der Waals surface area contributed by atoms with Crippen molar-refractivity contribution in [2.45, 2.75) is 0 Å². The van der Waals surface area contributed by atoms with Crippen LogP contribution in [0.15, 0.2) is 182 Å². The lowest BCUT2D eigenvalue weighted by Gasteiger charge is -2.12. The van der Waals surface area contributed by atoms with Crippen molar-refractivity contribution in [2.75, 3.05) is 0 Å². The third-order valence-electron chi connectivity index (χ3n) is 11.1. The monoisotopic (exact) mass is 762 g/mol. The Hall–Kier alpha value is -6.99. The van der Waals surface area contributed by atoms with E-state index in [9.17, 15) is 0 Å². The summed E-state index contributed by atoms with van der Waals surface area (Å²) in [6, 6.07) is 64.8. The van der Waals surface area contributed by atoms with E-state index in [1.54, 1.807) is 0 Å². The van der Waals surface area contributed by atoms with Crippen molar-refractivity contribution in [3.05, 3.63) is 182 Å². The summed E-state index contributed by atoms with van der Waals surface area (Å²) in [6.45, 7) is 0. The number of aromatic nitrogens is 4. The molecule has 0 bridgehead atoms. The van der Waals surface area contributed by atoms with Gasteiger partial charge in [-0.05, 0) is 64.7 Å². The first kappa shape index (κ1) is 32.3. The predicted molar refractivity (Wildman–Crippen MR) is 242 cm³/mol. The van der Waals surface area contributed by atoms with Crippen LogP contribution in [0.25, 0.3) is 113 Å². The fourth-order valence-electron chi connectivity index (χ4n) is 8.60. The van der Waals surface area contributed by atoms with Gasteiger partial charge in [-0.25, -0.2) is 4.98 Å². The van der Waals surface area contributed by atoms with Crippen molar-refractivity contribution in [3.8, 4) is 51.0 Å². The first-order valence-electron chi connectivity index (χ1n) is 19.0. The van der Waals surface area contributed by atoms with Crippen LogP contribution in [0.4, 0.5) is 0 Å². The van der Waals surface area contributed by atoms with E-state index in [4.69, 9.17) is 15.0 Å². The lowest BCUT2D eigenvalue weighted by atomic mass is 9.92. The Labute approximate surface area is 335 Å². The maximum absolute atomic E-state index is 5.26. The van der Waals surface area contributed by atoms with Crippen molar-refractivity contribution in [1.82, 2.24) is 19.5 Å². The van der Waals surface area contributed by atoms with Gasteiger partial charge in [-0.1, -0.05) is 140 Å². The van der Waals surface area contributed by atoms with Gasteiger partial charge in [-0.2, -0.15) is 9.97 Å². The minimum Gasteiger partial charge on any atom is -0.278 e. The smallest absolute Gasteiger partial charge is 0.238 e. The second-order valence-electron chi connectivity index (χ2n) is 14.3. The van der Waals surface area contributed by atoms with Gasteiger partial charge in [0.05, 0.1) is 11.0 Å². The largest absolute Gasteiger partial charge is 0.278 e. The van der Waals surface area contributed by atoms with E-state index in [1.165, 1.54) is 57.0 Å². The number of benzene rings is 8. The molecule has 0 spiro atoms. The second-order valence-corrected chi connectivity index (χ2v) is 16.5. The standard InChI is InChI=1S/C51H30N4S2/c1-2-14-31(15-3-1)49-52-50(54-51(53-49)55-40-24-7-4-18-35(40)36-19-5-8-25-41(36)55)33-17-10-16-32(30-33)34-21-11-28-44-47(34)48-38(23-13-29-45(48)57-44)37-22-12-27-43-46(37)39-20-6-9-26-42(39)56-43/h1-30H. The molecule has 0 atom stereocenters. The number of nitrogens with zero attached hydrogens (tertiary/aromatic N) is 4. The van der Waals surface area contributed by atoms with Crippen LogP contribution in [-0.4, -0.2) is 19.5 Å². The van der Waals surface area contributed by atoms with Crippen LogP contribution in [-0.2, 0) is 0 Å². The Morgan fingerprint density at radius 1 is 0.333 bits per heavy atom. The highest BCUT2D eigenvalue weighted by molar-refractivity contribution is 7.26. The molecule has 0 aliphatic heterocycles. The van der Waals surface area contributed by atoms with Crippen LogP contribution < -0.4 is 0 Å². The van der Waals surface area contributed by atoms with Gasteiger partial charge in [0.1, 0.15) is 0 Å². The van der Waals surface area contributed by atoms with E-state index in [1.807, 2.05) is 40.9 Å². The third kappa shape index (κ3) is 5.08. The van der Waals surface area contributed by atoms with Gasteiger partial charge in [0.25, 0.3) is 0 Å². The van der Waals surface area contributed by atoms with E-state index >= 15 is 0 Å². The number of para-hydroxylation sites is 2. The topological polar surface area (TPSA) is 43.6 Å². The zero-order valence-electron chi connectivity index (χ0n) is 30.4. The molecule has 8 aromatic carbocycles. The summed E-state index contributed by atoms with van der Waals surface area (Å²) in [5.74, 6) is 1.85. The van der Waals surface area contributed by atoms with Crippen LogP contribution in [0.5, 0.6) is 0 Å². The Morgan fingerprint density at radius 3 is 1.53 bits per heavy atom. The van der Waals surface area contributed by atoms with Gasteiger partial charge < -0.3 is 0 Å². The summed E-state index contributed by atoms with van der Waals surface area (Å²) in [5.41, 5.74) is 8.83. The zero-order chi connectivity index (χ0) is 37.5. The fraction of sp³-hybridized carbons (Fsp3) is 0. The van der Waals surface area contributed by atoms with Crippen molar-refractivity contribution in [3.63, 3.8) is 0 Å². The molecule has 0 aliphatic rings. The molecule has 0 saturated carbocycles. The van der Waals surface area contributed by atoms with Crippen molar-refractivity contribution in [2.24, 2.45) is 0 Å². The average Bonchev–Trinajstić information content (AvgIpc) is 3.96. The third-order valence-corrected chi connectivity index (χ3v) is 13.3. The lowest BCUT2D eigenvalue weighted by Crippen LogP contribution is -2.06. The van der Waals surface area contributed by atoms with Crippen LogP contribution in [0, 0.1) is 0 Å². The summed E-state index contributed by atoms with van der Waals surface area (Å²) in [6.07, 6.45) is 0. The van der Waals surface area contributed by atoms with Gasteiger partial charge in [0.15, 0.2) is 11.6 Å². The number of thiophene rings is 2. The van der Waals surface area contributed by atoms with Crippen molar-refractivity contribution in [1.29, 1.82) is 0 Å². The first-order valence-corrected chi connectivity index (χ1v) is 20.7. The lowest BCUT2D eigenvalue weighted by molar-refractivity contribution is 0.953. The molecule has 266 valence electrons. The summed E-state index contributed by atoms with van der Waals surface area (Å²) < 4.78 is 7.34.